The first-order chi connectivity index (χ1) is 26.6. The third-order valence-corrected chi connectivity index (χ3v) is 10.6. The molecule has 3 fully saturated rings. The summed E-state index contributed by atoms with van der Waals surface area (Å²) >= 11 is 6.22. The van der Waals surface area contributed by atoms with Gasteiger partial charge in [0.25, 0.3) is 17.4 Å². The quantitative estimate of drug-likeness (QED) is 0.222. The van der Waals surface area contributed by atoms with Crippen LogP contribution in [-0.2, 0) is 31.8 Å². The number of nitrogens with one attached hydrogen (secondary N) is 1. The van der Waals surface area contributed by atoms with Gasteiger partial charge in [0.2, 0.25) is 11.0 Å². The number of piperazine rings is 1. The van der Waals surface area contributed by atoms with E-state index >= 15 is 0 Å². The van der Waals surface area contributed by atoms with Crippen LogP contribution in [0.25, 0.3) is 0 Å². The molecule has 1 aromatic heterocycles. The second-order valence-corrected chi connectivity index (χ2v) is 14.6. The van der Waals surface area contributed by atoms with Gasteiger partial charge >= 0.3 is 6.18 Å². The second-order valence-electron chi connectivity index (χ2n) is 13.7. The zero-order chi connectivity index (χ0) is 40.4. The Morgan fingerprint density at radius 2 is 1.61 bits per heavy atom. The van der Waals surface area contributed by atoms with Gasteiger partial charge in [-0.2, -0.15) is 23.5 Å². The van der Waals surface area contributed by atoms with Gasteiger partial charge in [-0.15, -0.1) is 0 Å². The van der Waals surface area contributed by atoms with Crippen LogP contribution in [0.1, 0.15) is 43.9 Å². The minimum atomic E-state index is -4.85. The molecule has 15 nitrogen and oxygen atoms in total. The van der Waals surface area contributed by atoms with Gasteiger partial charge < -0.3 is 14.4 Å². The number of nitriles is 1. The predicted molar refractivity (Wildman–Crippen MR) is 199 cm³/mol. The predicted octanol–water partition coefficient (Wildman–Crippen LogP) is 2.77. The van der Waals surface area contributed by atoms with E-state index in [1.807, 2.05) is 0 Å². The normalized spacial score (nSPS) is 19.2. The summed E-state index contributed by atoms with van der Waals surface area (Å²) in [7, 11) is 0. The fourth-order valence-corrected chi connectivity index (χ4v) is 7.57. The number of imide groups is 1. The first-order valence-corrected chi connectivity index (χ1v) is 18.6. The number of benzene rings is 2. The molecule has 3 aromatic rings. The second kappa shape index (κ2) is 16.4. The highest BCUT2D eigenvalue weighted by atomic mass is 35.5. The topological polar surface area (TPSA) is 170 Å². The Kier molecular flexibility index (Phi) is 11.9. The van der Waals surface area contributed by atoms with Crippen molar-refractivity contribution in [3.63, 3.8) is 0 Å². The summed E-state index contributed by atoms with van der Waals surface area (Å²) in [5.74, 6) is -0.970. The van der Waals surface area contributed by atoms with Crippen LogP contribution in [0.5, 0.6) is 11.5 Å². The van der Waals surface area contributed by atoms with Crippen molar-refractivity contribution in [2.24, 2.45) is 0 Å². The maximum absolute atomic E-state index is 13.7. The van der Waals surface area contributed by atoms with Gasteiger partial charge in [0.05, 0.1) is 29.1 Å². The van der Waals surface area contributed by atoms with Crippen LogP contribution in [0.15, 0.2) is 53.5 Å². The van der Waals surface area contributed by atoms with E-state index < -0.39 is 52.2 Å². The van der Waals surface area contributed by atoms with Crippen LogP contribution in [0, 0.1) is 11.3 Å². The SMILES string of the molecule is CC1(C)C(=O)N(c2ccc(C#N)c(C(F)(F)F)c2)C(=S=O)N1c1ccc(OCCN2CCN(CCOc3cnn(C4CCC(=O)NC4=O)c(=O)c3Cl)CC2)cc1. The summed E-state index contributed by atoms with van der Waals surface area (Å²) in [5, 5.41) is 15.1. The molecule has 56 heavy (non-hydrogen) atoms. The Morgan fingerprint density at radius 1 is 0.982 bits per heavy atom. The molecular weight excluding hydrogens is 781 g/mol. The van der Waals surface area contributed by atoms with Gasteiger partial charge in [-0.05, 0) is 62.7 Å². The summed E-state index contributed by atoms with van der Waals surface area (Å²) in [4.78, 5) is 56.8. The lowest BCUT2D eigenvalue weighted by Crippen LogP contribution is -2.48. The molecule has 4 heterocycles. The number of aromatic nitrogens is 2. The number of carbonyl (C=O) groups excluding carboxylic acids is 3. The number of alkyl halides is 3. The average molecular weight is 817 g/mol. The van der Waals surface area contributed by atoms with Crippen molar-refractivity contribution in [1.29, 1.82) is 5.26 Å². The Hall–Kier alpha value is -5.29. The first-order valence-electron chi connectivity index (χ1n) is 17.5. The molecule has 3 aliphatic rings. The highest BCUT2D eigenvalue weighted by Gasteiger charge is 2.51. The van der Waals surface area contributed by atoms with Crippen LogP contribution in [0.2, 0.25) is 5.02 Å². The molecule has 1 atom stereocenters. The van der Waals surface area contributed by atoms with E-state index in [1.54, 1.807) is 38.1 Å². The molecule has 0 radical (unpaired) electrons. The van der Waals surface area contributed by atoms with Crippen molar-refractivity contribution in [3.8, 4) is 17.6 Å². The van der Waals surface area contributed by atoms with E-state index in [4.69, 9.17) is 21.1 Å². The van der Waals surface area contributed by atoms with E-state index in [0.717, 1.165) is 41.8 Å². The summed E-state index contributed by atoms with van der Waals surface area (Å²) < 4.78 is 66.2. The molecule has 6 rings (SSSR count). The Labute approximate surface area is 327 Å². The van der Waals surface area contributed by atoms with Gasteiger partial charge in [-0.1, -0.05) is 11.6 Å². The minimum Gasteiger partial charge on any atom is -0.492 e. The summed E-state index contributed by atoms with van der Waals surface area (Å²) in [6.07, 6.45) is -3.31. The van der Waals surface area contributed by atoms with E-state index in [0.29, 0.717) is 37.2 Å². The van der Waals surface area contributed by atoms with E-state index in [-0.39, 0.29) is 52.3 Å². The molecule has 2 aromatic carbocycles. The zero-order valence-corrected chi connectivity index (χ0v) is 31.7. The van der Waals surface area contributed by atoms with Crippen LogP contribution in [0.3, 0.4) is 0 Å². The zero-order valence-electron chi connectivity index (χ0n) is 30.2. The molecule has 0 aliphatic carbocycles. The van der Waals surface area contributed by atoms with Gasteiger partial charge in [-0.3, -0.25) is 39.2 Å². The number of amides is 3. The maximum Gasteiger partial charge on any atom is 0.417 e. The molecular formula is C36H36ClF3N8O7S. The molecule has 296 valence electrons. The molecule has 0 saturated carbocycles. The van der Waals surface area contributed by atoms with E-state index in [9.17, 15) is 41.8 Å². The van der Waals surface area contributed by atoms with Crippen LogP contribution in [-0.4, -0.2) is 105 Å². The largest absolute Gasteiger partial charge is 0.492 e. The summed E-state index contributed by atoms with van der Waals surface area (Å²) in [6, 6.07) is 10.2. The average Bonchev–Trinajstić information content (AvgIpc) is 3.37. The number of rotatable bonds is 11. The lowest BCUT2D eigenvalue weighted by molar-refractivity contribution is -0.138. The van der Waals surface area contributed by atoms with Crippen molar-refractivity contribution >= 4 is 57.1 Å². The molecule has 1 N–H and O–H groups in total. The fraction of sp³-hybridized carbons (Fsp3) is 0.417. The van der Waals surface area contributed by atoms with E-state index in [2.05, 4.69) is 20.2 Å². The summed E-state index contributed by atoms with van der Waals surface area (Å²) in [6.45, 7) is 8.07. The molecule has 3 amide bonds. The smallest absolute Gasteiger partial charge is 0.417 e. The molecule has 20 heteroatoms. The number of hydrogen-bond acceptors (Lipinski definition) is 11. The molecule has 1 unspecified atom stereocenters. The molecule has 3 saturated heterocycles. The number of piperidine rings is 1. The van der Waals surface area contributed by atoms with Crippen molar-refractivity contribution < 1.29 is 41.2 Å². The lowest BCUT2D eigenvalue weighted by atomic mass is 10.0. The molecule has 3 aliphatic heterocycles. The maximum atomic E-state index is 13.7. The number of halogens is 4. The fourth-order valence-electron chi connectivity index (χ4n) is 6.71. The first kappa shape index (κ1) is 40.4. The van der Waals surface area contributed by atoms with E-state index in [1.165, 1.54) is 23.2 Å². The Morgan fingerprint density at radius 3 is 2.20 bits per heavy atom. The van der Waals surface area contributed by atoms with Gasteiger partial charge in [0.15, 0.2) is 10.8 Å². The third-order valence-electron chi connectivity index (χ3n) is 9.75. The number of ether oxygens (including phenoxy) is 2. The standard InChI is InChI=1S/C36H36ClF3N8O7S/c1-35(2)33(52)46(24-4-3-22(20-41)26(19-24)36(38,39)40)34(56-53)47(35)23-5-7-25(8-6-23)54-17-15-44-11-13-45(14-12-44)16-18-55-28-21-42-48(32(51)30(28)37)27-9-10-29(49)43-31(27)50/h3-8,19,21,27H,9-18H2,1-2H3,(H,43,49,50). The Bertz CT molecular complexity index is 2180. The van der Waals surface area contributed by atoms with Crippen molar-refractivity contribution in [3.05, 3.63) is 75.2 Å². The Balaban J connectivity index is 0.974. The number of nitrogens with zero attached hydrogens (tertiary/aromatic N) is 7. The van der Waals surface area contributed by atoms with Gasteiger partial charge in [0.1, 0.15) is 41.8 Å². The minimum absolute atomic E-state index is 0.0241. The summed E-state index contributed by atoms with van der Waals surface area (Å²) in [5.41, 5.74) is -3.53. The van der Waals surface area contributed by atoms with Gasteiger partial charge in [0, 0.05) is 51.4 Å². The number of carbonyl (C=O) groups is 3. The van der Waals surface area contributed by atoms with Crippen molar-refractivity contribution in [2.45, 2.75) is 44.4 Å². The highest BCUT2D eigenvalue weighted by molar-refractivity contribution is 7.67. The molecule has 0 spiro atoms. The number of anilines is 2. The van der Waals surface area contributed by atoms with Gasteiger partial charge in [-0.25, -0.2) is 8.89 Å². The molecule has 0 bridgehead atoms. The number of hydrogen-bond donors (Lipinski definition) is 1. The van der Waals surface area contributed by atoms with Crippen LogP contribution in [0.4, 0.5) is 24.5 Å². The van der Waals surface area contributed by atoms with Crippen LogP contribution >= 0.6 is 11.6 Å². The highest BCUT2D eigenvalue weighted by Crippen LogP contribution is 2.39. The third kappa shape index (κ3) is 8.28. The van der Waals surface area contributed by atoms with Crippen molar-refractivity contribution in [1.82, 2.24) is 24.9 Å². The van der Waals surface area contributed by atoms with Crippen molar-refractivity contribution in [2.75, 3.05) is 62.3 Å². The monoisotopic (exact) mass is 816 g/mol. The lowest BCUT2D eigenvalue weighted by Gasteiger charge is -2.34. The van der Waals surface area contributed by atoms with Crippen LogP contribution < -0.4 is 30.1 Å².